The van der Waals surface area contributed by atoms with E-state index in [2.05, 4.69) is 41.6 Å². The molecule has 0 atom stereocenters. The van der Waals surface area contributed by atoms with Crippen molar-refractivity contribution in [3.63, 3.8) is 0 Å². The van der Waals surface area contributed by atoms with Gasteiger partial charge in [0.2, 0.25) is 0 Å². The number of nitrogens with zero attached hydrogens (tertiary/aromatic N) is 1. The third-order valence-electron chi connectivity index (χ3n) is 1.88. The summed E-state index contributed by atoms with van der Waals surface area (Å²) in [6, 6.07) is 0. The summed E-state index contributed by atoms with van der Waals surface area (Å²) in [5.74, 6) is -0.387. The molecule has 1 rings (SSSR count). The van der Waals surface area contributed by atoms with Crippen molar-refractivity contribution >= 4 is 37.8 Å². The molecule has 0 aliphatic carbocycles. The minimum atomic E-state index is -0.387. The van der Waals surface area contributed by atoms with Gasteiger partial charge in [0.15, 0.2) is 0 Å². The SMILES string of the molecule is COC(=O)c1c(Br)nc(C)c(Br)c1C. The fraction of sp³-hybridized carbons (Fsp3) is 0.333. The van der Waals surface area contributed by atoms with Crippen LogP contribution >= 0.6 is 31.9 Å². The van der Waals surface area contributed by atoms with Gasteiger partial charge in [0.25, 0.3) is 0 Å². The Morgan fingerprint density at radius 3 is 2.43 bits per heavy atom. The molecule has 0 N–H and O–H groups in total. The molecule has 0 amide bonds. The van der Waals surface area contributed by atoms with Gasteiger partial charge in [-0.25, -0.2) is 9.78 Å². The molecule has 5 heteroatoms. The average Bonchev–Trinajstić information content (AvgIpc) is 2.14. The number of hydrogen-bond acceptors (Lipinski definition) is 3. The summed E-state index contributed by atoms with van der Waals surface area (Å²) in [6.07, 6.45) is 0. The molecule has 1 heterocycles. The minimum Gasteiger partial charge on any atom is -0.465 e. The molecule has 0 spiro atoms. The van der Waals surface area contributed by atoms with Gasteiger partial charge >= 0.3 is 5.97 Å². The Morgan fingerprint density at radius 2 is 1.93 bits per heavy atom. The predicted octanol–water partition coefficient (Wildman–Crippen LogP) is 3.01. The Hall–Kier alpha value is -0.420. The maximum atomic E-state index is 11.4. The topological polar surface area (TPSA) is 39.2 Å². The zero-order valence-corrected chi connectivity index (χ0v) is 11.2. The van der Waals surface area contributed by atoms with Gasteiger partial charge in [-0.15, -0.1) is 0 Å². The lowest BCUT2D eigenvalue weighted by atomic mass is 10.1. The summed E-state index contributed by atoms with van der Waals surface area (Å²) in [6.45, 7) is 3.71. The van der Waals surface area contributed by atoms with E-state index in [0.29, 0.717) is 10.2 Å². The Bertz CT molecular complexity index is 391. The van der Waals surface area contributed by atoms with E-state index in [0.717, 1.165) is 15.7 Å². The van der Waals surface area contributed by atoms with Gasteiger partial charge in [0, 0.05) is 4.47 Å². The summed E-state index contributed by atoms with van der Waals surface area (Å²) in [7, 11) is 1.35. The molecule has 0 aliphatic rings. The zero-order chi connectivity index (χ0) is 10.9. The predicted molar refractivity (Wildman–Crippen MR) is 60.5 cm³/mol. The molecule has 1 aromatic rings. The van der Waals surface area contributed by atoms with Gasteiger partial charge in [-0.1, -0.05) is 0 Å². The van der Waals surface area contributed by atoms with Gasteiger partial charge in [0.1, 0.15) is 4.60 Å². The Morgan fingerprint density at radius 1 is 1.36 bits per heavy atom. The summed E-state index contributed by atoms with van der Waals surface area (Å²) >= 11 is 6.61. The molecule has 0 radical (unpaired) electrons. The largest absolute Gasteiger partial charge is 0.465 e. The number of methoxy groups -OCH3 is 1. The fourth-order valence-corrected chi connectivity index (χ4v) is 2.14. The number of esters is 1. The monoisotopic (exact) mass is 321 g/mol. The molecule has 76 valence electrons. The highest BCUT2D eigenvalue weighted by molar-refractivity contribution is 9.11. The number of halogens is 2. The normalized spacial score (nSPS) is 10.1. The van der Waals surface area contributed by atoms with Crippen molar-refractivity contribution in [1.82, 2.24) is 4.98 Å². The molecule has 0 unspecified atom stereocenters. The minimum absolute atomic E-state index is 0.387. The lowest BCUT2D eigenvalue weighted by Crippen LogP contribution is -2.08. The van der Waals surface area contributed by atoms with Crippen molar-refractivity contribution in [2.45, 2.75) is 13.8 Å². The highest BCUT2D eigenvalue weighted by Crippen LogP contribution is 2.28. The van der Waals surface area contributed by atoms with Gasteiger partial charge in [-0.2, -0.15) is 0 Å². The second-order valence-corrected chi connectivity index (χ2v) is 4.34. The summed E-state index contributed by atoms with van der Waals surface area (Å²) in [5, 5.41) is 0. The van der Waals surface area contributed by atoms with Crippen LogP contribution in [0.4, 0.5) is 0 Å². The Balaban J connectivity index is 3.44. The molecular weight excluding hydrogens is 314 g/mol. The van der Waals surface area contributed by atoms with Crippen LogP contribution in [0.1, 0.15) is 21.6 Å². The van der Waals surface area contributed by atoms with E-state index in [1.54, 1.807) is 0 Å². The van der Waals surface area contributed by atoms with Crippen molar-refractivity contribution in [2.24, 2.45) is 0 Å². The van der Waals surface area contributed by atoms with Crippen molar-refractivity contribution in [2.75, 3.05) is 7.11 Å². The molecule has 1 aromatic heterocycles. The zero-order valence-electron chi connectivity index (χ0n) is 8.02. The number of carbonyl (C=O) groups excluding carboxylic acids is 1. The van der Waals surface area contributed by atoms with E-state index in [1.165, 1.54) is 7.11 Å². The number of aromatic nitrogens is 1. The highest BCUT2D eigenvalue weighted by Gasteiger charge is 2.18. The molecule has 14 heavy (non-hydrogen) atoms. The second kappa shape index (κ2) is 4.40. The molecule has 0 fully saturated rings. The third kappa shape index (κ3) is 1.98. The fourth-order valence-electron chi connectivity index (χ4n) is 1.13. The van der Waals surface area contributed by atoms with E-state index in [-0.39, 0.29) is 5.97 Å². The molecule has 0 saturated heterocycles. The number of rotatable bonds is 1. The average molecular weight is 323 g/mol. The molecule has 0 bridgehead atoms. The van der Waals surface area contributed by atoms with Crippen molar-refractivity contribution in [3.8, 4) is 0 Å². The van der Waals surface area contributed by atoms with Gasteiger partial charge in [0.05, 0.1) is 18.4 Å². The first kappa shape index (κ1) is 11.7. The van der Waals surface area contributed by atoms with Crippen molar-refractivity contribution < 1.29 is 9.53 Å². The van der Waals surface area contributed by atoms with E-state index in [4.69, 9.17) is 0 Å². The Kier molecular flexibility index (Phi) is 3.66. The molecule has 0 aliphatic heterocycles. The maximum Gasteiger partial charge on any atom is 0.340 e. The van der Waals surface area contributed by atoms with Gasteiger partial charge in [-0.3, -0.25) is 0 Å². The van der Waals surface area contributed by atoms with Gasteiger partial charge < -0.3 is 4.74 Å². The van der Waals surface area contributed by atoms with Crippen LogP contribution in [0.25, 0.3) is 0 Å². The van der Waals surface area contributed by atoms with E-state index in [9.17, 15) is 4.79 Å². The lowest BCUT2D eigenvalue weighted by Gasteiger charge is -2.09. The summed E-state index contributed by atoms with van der Waals surface area (Å²) in [4.78, 5) is 15.6. The number of pyridine rings is 1. The maximum absolute atomic E-state index is 11.4. The number of hydrogen-bond donors (Lipinski definition) is 0. The smallest absolute Gasteiger partial charge is 0.340 e. The Labute approximate surface area is 99.1 Å². The molecule has 0 saturated carbocycles. The van der Waals surface area contributed by atoms with Crippen LogP contribution in [-0.4, -0.2) is 18.1 Å². The van der Waals surface area contributed by atoms with Crippen LogP contribution in [0.5, 0.6) is 0 Å². The summed E-state index contributed by atoms with van der Waals surface area (Å²) < 4.78 is 6.01. The molecule has 0 aromatic carbocycles. The van der Waals surface area contributed by atoms with Crippen molar-refractivity contribution in [3.05, 3.63) is 25.9 Å². The second-order valence-electron chi connectivity index (χ2n) is 2.79. The van der Waals surface area contributed by atoms with E-state index in [1.807, 2.05) is 13.8 Å². The van der Waals surface area contributed by atoms with Crippen LogP contribution < -0.4 is 0 Å². The highest BCUT2D eigenvalue weighted by atomic mass is 79.9. The lowest BCUT2D eigenvalue weighted by molar-refractivity contribution is 0.0598. The molecule has 3 nitrogen and oxygen atoms in total. The van der Waals surface area contributed by atoms with E-state index >= 15 is 0 Å². The standard InChI is InChI=1S/C9H9Br2NO2/c1-4-6(9(13)14-3)8(11)12-5(2)7(4)10/h1-3H3. The van der Waals surface area contributed by atoms with E-state index < -0.39 is 0 Å². The van der Waals surface area contributed by atoms with Crippen LogP contribution in [0.3, 0.4) is 0 Å². The van der Waals surface area contributed by atoms with Crippen LogP contribution in [0, 0.1) is 13.8 Å². The third-order valence-corrected chi connectivity index (χ3v) is 3.63. The first-order valence-corrected chi connectivity index (χ1v) is 5.48. The van der Waals surface area contributed by atoms with Crippen LogP contribution in [0.2, 0.25) is 0 Å². The number of carbonyl (C=O) groups is 1. The number of ether oxygens (including phenoxy) is 1. The van der Waals surface area contributed by atoms with Crippen LogP contribution in [0.15, 0.2) is 9.08 Å². The first-order chi connectivity index (χ1) is 6.49. The molecular formula is C9H9Br2NO2. The quantitative estimate of drug-likeness (QED) is 0.589. The number of aryl methyl sites for hydroxylation is 1. The first-order valence-electron chi connectivity index (χ1n) is 3.89. The van der Waals surface area contributed by atoms with Crippen LogP contribution in [-0.2, 0) is 4.74 Å². The summed E-state index contributed by atoms with van der Waals surface area (Å²) in [5.41, 5.74) is 2.13. The van der Waals surface area contributed by atoms with Crippen molar-refractivity contribution in [1.29, 1.82) is 0 Å². The van der Waals surface area contributed by atoms with Gasteiger partial charge in [-0.05, 0) is 51.3 Å².